The number of nitrogens with one attached hydrogen (secondary N) is 3. The Kier molecular flexibility index (Phi) is 5.61. The van der Waals surface area contributed by atoms with Crippen LogP contribution in [-0.2, 0) is 0 Å². The fraction of sp³-hybridized carbons (Fsp3) is 0. The van der Waals surface area contributed by atoms with E-state index in [0.29, 0.717) is 17.1 Å². The summed E-state index contributed by atoms with van der Waals surface area (Å²) in [5.41, 5.74) is 1.33. The largest absolute Gasteiger partial charge is 0.323 e. The summed E-state index contributed by atoms with van der Waals surface area (Å²) in [4.78, 5) is 34.7. The molecule has 0 spiro atoms. The average Bonchev–Trinajstić information content (AvgIpc) is 2.70. The predicted octanol–water partition coefficient (Wildman–Crippen LogP) is 4.49. The Morgan fingerprint density at radius 1 is 0.679 bits per heavy atom. The molecule has 3 aromatic rings. The van der Waals surface area contributed by atoms with Crippen molar-refractivity contribution in [3.8, 4) is 0 Å². The van der Waals surface area contributed by atoms with Gasteiger partial charge >= 0.3 is 6.03 Å². The van der Waals surface area contributed by atoms with Crippen LogP contribution in [0.15, 0.2) is 78.9 Å². The average molecular weight is 376 g/mol. The monoisotopic (exact) mass is 376 g/mol. The van der Waals surface area contributed by atoms with Crippen molar-refractivity contribution in [2.75, 3.05) is 16.0 Å². The first-order valence-corrected chi connectivity index (χ1v) is 8.31. The van der Waals surface area contributed by atoms with Crippen LogP contribution < -0.4 is 16.0 Å². The van der Waals surface area contributed by atoms with Crippen LogP contribution in [0.2, 0.25) is 0 Å². The summed E-state index contributed by atoms with van der Waals surface area (Å²) in [5, 5.41) is 19.0. The summed E-state index contributed by atoms with van der Waals surface area (Å²) in [6.45, 7) is 0. The Bertz CT molecular complexity index is 1000. The summed E-state index contributed by atoms with van der Waals surface area (Å²) in [5.74, 6) is -0.588. The third-order valence-corrected chi connectivity index (χ3v) is 3.78. The predicted molar refractivity (Wildman–Crippen MR) is 107 cm³/mol. The summed E-state index contributed by atoms with van der Waals surface area (Å²) in [7, 11) is 0. The molecule has 0 aliphatic heterocycles. The van der Waals surface area contributed by atoms with Crippen molar-refractivity contribution >= 4 is 34.7 Å². The molecule has 0 unspecified atom stereocenters. The van der Waals surface area contributed by atoms with E-state index in [1.807, 2.05) is 18.2 Å². The molecule has 0 saturated carbocycles. The number of carbonyl (C=O) groups excluding carboxylic acids is 2. The number of carbonyl (C=O) groups is 2. The molecule has 0 radical (unpaired) electrons. The van der Waals surface area contributed by atoms with E-state index >= 15 is 0 Å². The number of urea groups is 1. The maximum absolute atomic E-state index is 12.3. The van der Waals surface area contributed by atoms with Crippen molar-refractivity contribution in [1.29, 1.82) is 0 Å². The van der Waals surface area contributed by atoms with Gasteiger partial charge in [0, 0.05) is 23.1 Å². The van der Waals surface area contributed by atoms with Crippen LogP contribution in [0.25, 0.3) is 0 Å². The van der Waals surface area contributed by atoms with Gasteiger partial charge in [0.15, 0.2) is 0 Å². The zero-order valence-electron chi connectivity index (χ0n) is 14.6. The maximum Gasteiger partial charge on any atom is 0.323 e. The number of amides is 3. The van der Waals surface area contributed by atoms with E-state index in [-0.39, 0.29) is 11.3 Å². The molecule has 8 heteroatoms. The van der Waals surface area contributed by atoms with Gasteiger partial charge in [0.05, 0.1) is 4.92 Å². The van der Waals surface area contributed by atoms with Crippen molar-refractivity contribution in [3.63, 3.8) is 0 Å². The third-order valence-electron chi connectivity index (χ3n) is 3.78. The van der Waals surface area contributed by atoms with Crippen LogP contribution in [0.1, 0.15) is 10.4 Å². The molecule has 0 fully saturated rings. The van der Waals surface area contributed by atoms with Gasteiger partial charge in [-0.25, -0.2) is 4.79 Å². The van der Waals surface area contributed by atoms with Gasteiger partial charge in [-0.2, -0.15) is 0 Å². The highest BCUT2D eigenvalue weighted by molar-refractivity contribution is 6.07. The van der Waals surface area contributed by atoms with Gasteiger partial charge < -0.3 is 16.0 Å². The molecule has 8 nitrogen and oxygen atoms in total. The summed E-state index contributed by atoms with van der Waals surface area (Å²) in [6.07, 6.45) is 0. The molecular formula is C20H16N4O4. The molecule has 0 saturated heterocycles. The summed E-state index contributed by atoms with van der Waals surface area (Å²) in [6, 6.07) is 20.7. The molecule has 0 aromatic heterocycles. The van der Waals surface area contributed by atoms with Gasteiger partial charge in [-0.1, -0.05) is 30.3 Å². The number of nitrogens with zero attached hydrogens (tertiary/aromatic N) is 1. The van der Waals surface area contributed by atoms with E-state index in [1.54, 1.807) is 42.5 Å². The molecular weight excluding hydrogens is 360 g/mol. The van der Waals surface area contributed by atoms with Gasteiger partial charge in [0.1, 0.15) is 5.56 Å². The maximum atomic E-state index is 12.3. The molecule has 0 heterocycles. The highest BCUT2D eigenvalue weighted by atomic mass is 16.6. The van der Waals surface area contributed by atoms with Crippen LogP contribution in [0.5, 0.6) is 0 Å². The van der Waals surface area contributed by atoms with Crippen LogP contribution in [0.4, 0.5) is 27.5 Å². The van der Waals surface area contributed by atoms with Crippen molar-refractivity contribution in [3.05, 3.63) is 94.5 Å². The second kappa shape index (κ2) is 8.45. The van der Waals surface area contributed by atoms with Gasteiger partial charge in [-0.15, -0.1) is 0 Å². The molecule has 3 N–H and O–H groups in total. The number of hydrogen-bond acceptors (Lipinski definition) is 4. The van der Waals surface area contributed by atoms with Crippen molar-refractivity contribution < 1.29 is 14.5 Å². The number of para-hydroxylation sites is 2. The number of hydrogen-bond donors (Lipinski definition) is 3. The molecule has 0 atom stereocenters. The number of benzene rings is 3. The van der Waals surface area contributed by atoms with E-state index in [1.165, 1.54) is 18.2 Å². The molecule has 0 bridgehead atoms. The minimum atomic E-state index is -0.604. The van der Waals surface area contributed by atoms with Gasteiger partial charge in [0.2, 0.25) is 0 Å². The van der Waals surface area contributed by atoms with Gasteiger partial charge in [-0.05, 0) is 42.5 Å². The Balaban J connectivity index is 1.62. The first kappa shape index (κ1) is 18.6. The second-order valence-electron chi connectivity index (χ2n) is 5.75. The van der Waals surface area contributed by atoms with Crippen molar-refractivity contribution in [2.45, 2.75) is 0 Å². The van der Waals surface area contributed by atoms with Crippen molar-refractivity contribution in [1.82, 2.24) is 0 Å². The summed E-state index contributed by atoms with van der Waals surface area (Å²) < 4.78 is 0. The standard InChI is InChI=1S/C20H16N4O4/c25-19(17-8-4-5-9-18(17)24(27)28)21-15-10-12-16(13-11-15)23-20(26)22-14-6-2-1-3-7-14/h1-13H,(H,21,25)(H2,22,23,26). The lowest BCUT2D eigenvalue weighted by atomic mass is 10.1. The zero-order valence-corrected chi connectivity index (χ0v) is 14.6. The van der Waals surface area contributed by atoms with Crippen molar-refractivity contribution in [2.24, 2.45) is 0 Å². The van der Waals surface area contributed by atoms with Crippen LogP contribution >= 0.6 is 0 Å². The molecule has 3 aromatic carbocycles. The molecule has 3 amide bonds. The first-order chi connectivity index (χ1) is 13.5. The Morgan fingerprint density at radius 2 is 1.18 bits per heavy atom. The second-order valence-corrected chi connectivity index (χ2v) is 5.75. The fourth-order valence-electron chi connectivity index (χ4n) is 2.48. The van der Waals surface area contributed by atoms with Crippen LogP contribution in [0.3, 0.4) is 0 Å². The van der Waals surface area contributed by atoms with Crippen LogP contribution in [0, 0.1) is 10.1 Å². The van der Waals surface area contributed by atoms with E-state index in [2.05, 4.69) is 16.0 Å². The van der Waals surface area contributed by atoms with E-state index in [0.717, 1.165) is 0 Å². The Morgan fingerprint density at radius 3 is 1.79 bits per heavy atom. The minimum Gasteiger partial charge on any atom is -0.322 e. The Labute approximate surface area is 160 Å². The highest BCUT2D eigenvalue weighted by Gasteiger charge is 2.19. The smallest absolute Gasteiger partial charge is 0.322 e. The highest BCUT2D eigenvalue weighted by Crippen LogP contribution is 2.20. The Hall–Kier alpha value is -4.20. The molecule has 0 aliphatic carbocycles. The lowest BCUT2D eigenvalue weighted by Gasteiger charge is -2.09. The quantitative estimate of drug-likeness (QED) is 0.450. The van der Waals surface area contributed by atoms with E-state index < -0.39 is 16.9 Å². The zero-order chi connectivity index (χ0) is 19.9. The molecule has 140 valence electrons. The number of rotatable bonds is 5. The molecule has 28 heavy (non-hydrogen) atoms. The summed E-state index contributed by atoms with van der Waals surface area (Å²) >= 11 is 0. The van der Waals surface area contributed by atoms with E-state index in [9.17, 15) is 19.7 Å². The topological polar surface area (TPSA) is 113 Å². The van der Waals surface area contributed by atoms with Crippen LogP contribution in [-0.4, -0.2) is 16.9 Å². The van der Waals surface area contributed by atoms with E-state index in [4.69, 9.17) is 0 Å². The van der Waals surface area contributed by atoms with Gasteiger partial charge in [0.25, 0.3) is 11.6 Å². The lowest BCUT2D eigenvalue weighted by molar-refractivity contribution is -0.385. The van der Waals surface area contributed by atoms with Gasteiger partial charge in [-0.3, -0.25) is 14.9 Å². The first-order valence-electron chi connectivity index (χ1n) is 8.31. The fourth-order valence-corrected chi connectivity index (χ4v) is 2.48. The lowest BCUT2D eigenvalue weighted by Crippen LogP contribution is -2.19. The number of anilines is 3. The molecule has 0 aliphatic rings. The third kappa shape index (κ3) is 4.70. The number of nitro benzene ring substituents is 1. The SMILES string of the molecule is O=C(Nc1ccccc1)Nc1ccc(NC(=O)c2ccccc2[N+](=O)[O-])cc1. The minimum absolute atomic E-state index is 0.0306. The number of nitro groups is 1. The normalized spacial score (nSPS) is 10.0. The molecule has 3 rings (SSSR count).